The van der Waals surface area contributed by atoms with Crippen molar-refractivity contribution in [3.8, 4) is 5.75 Å². The zero-order valence-corrected chi connectivity index (χ0v) is 22.0. The van der Waals surface area contributed by atoms with Crippen LogP contribution in [0.2, 0.25) is 0 Å². The van der Waals surface area contributed by atoms with Gasteiger partial charge in [0.1, 0.15) is 5.75 Å². The molecule has 2 N–H and O–H groups in total. The number of unbranched alkanes of at least 4 members (excludes halogenated alkanes) is 5. The number of carboxylic acids is 2. The largest absolute Gasteiger partial charge is 0.493 e. The number of rotatable bonds is 17. The third-order valence-electron chi connectivity index (χ3n) is 6.57. The lowest BCUT2D eigenvalue weighted by Gasteiger charge is -2.11. The van der Waals surface area contributed by atoms with Gasteiger partial charge in [-0.25, -0.2) is 4.79 Å². The summed E-state index contributed by atoms with van der Waals surface area (Å²) in [6.07, 6.45) is 12.3. The lowest BCUT2D eigenvalue weighted by molar-refractivity contribution is -0.137. The Morgan fingerprint density at radius 1 is 0.684 bits per heavy atom. The molecule has 0 amide bonds. The Morgan fingerprint density at radius 3 is 2.18 bits per heavy atom. The van der Waals surface area contributed by atoms with Crippen molar-refractivity contribution in [1.82, 2.24) is 0 Å². The Bertz CT molecular complexity index is 1180. The second-order valence-electron chi connectivity index (χ2n) is 9.51. The second kappa shape index (κ2) is 16.1. The summed E-state index contributed by atoms with van der Waals surface area (Å²) in [6, 6.07) is 23.7. The zero-order chi connectivity index (χ0) is 27.0. The van der Waals surface area contributed by atoms with E-state index in [1.165, 1.54) is 5.56 Å². The fourth-order valence-electron chi connectivity index (χ4n) is 4.52. The molecule has 0 unspecified atom stereocenters. The van der Waals surface area contributed by atoms with Crippen LogP contribution in [-0.4, -0.2) is 28.8 Å². The molecule has 0 spiro atoms. The first-order valence-electron chi connectivity index (χ1n) is 13.6. The Kier molecular flexibility index (Phi) is 12.1. The number of carboxylic acid groups (broad SMARTS) is 2. The van der Waals surface area contributed by atoms with Crippen molar-refractivity contribution < 1.29 is 24.5 Å². The lowest BCUT2D eigenvalue weighted by atomic mass is 9.95. The van der Waals surface area contributed by atoms with Gasteiger partial charge < -0.3 is 14.9 Å². The van der Waals surface area contributed by atoms with Crippen LogP contribution in [-0.2, 0) is 17.6 Å². The minimum absolute atomic E-state index is 0.192. The summed E-state index contributed by atoms with van der Waals surface area (Å²) in [6.45, 7) is 0.637. The van der Waals surface area contributed by atoms with E-state index in [0.29, 0.717) is 18.6 Å². The first-order valence-corrected chi connectivity index (χ1v) is 13.6. The van der Waals surface area contributed by atoms with Crippen molar-refractivity contribution in [3.63, 3.8) is 0 Å². The predicted molar refractivity (Wildman–Crippen MR) is 153 cm³/mol. The molecule has 0 bridgehead atoms. The zero-order valence-electron chi connectivity index (χ0n) is 22.0. The minimum atomic E-state index is -0.951. The highest BCUT2D eigenvalue weighted by Crippen LogP contribution is 2.25. The molecule has 0 aliphatic carbocycles. The highest BCUT2D eigenvalue weighted by atomic mass is 16.5. The van der Waals surface area contributed by atoms with Gasteiger partial charge in [0.2, 0.25) is 0 Å². The van der Waals surface area contributed by atoms with Crippen molar-refractivity contribution in [2.45, 2.75) is 64.2 Å². The average molecular weight is 515 g/mol. The Balaban J connectivity index is 1.58. The van der Waals surface area contributed by atoms with Crippen LogP contribution in [0.15, 0.2) is 72.8 Å². The third kappa shape index (κ3) is 9.89. The number of benzene rings is 3. The molecule has 5 nitrogen and oxygen atoms in total. The molecule has 3 aromatic carbocycles. The topological polar surface area (TPSA) is 83.8 Å². The lowest BCUT2D eigenvalue weighted by Crippen LogP contribution is -2.03. The Labute approximate surface area is 225 Å². The Hall–Kier alpha value is -3.86. The molecule has 0 aliphatic heterocycles. The second-order valence-corrected chi connectivity index (χ2v) is 9.51. The summed E-state index contributed by atoms with van der Waals surface area (Å²) in [5, 5.41) is 18.6. The maximum absolute atomic E-state index is 11.9. The molecule has 5 heteroatoms. The minimum Gasteiger partial charge on any atom is -0.493 e. The van der Waals surface area contributed by atoms with Crippen LogP contribution < -0.4 is 4.74 Å². The van der Waals surface area contributed by atoms with Crippen LogP contribution in [0.25, 0.3) is 12.2 Å². The van der Waals surface area contributed by atoms with Crippen LogP contribution in [0.3, 0.4) is 0 Å². The van der Waals surface area contributed by atoms with Crippen LogP contribution in [0.5, 0.6) is 5.75 Å². The number of hydrogen-bond acceptors (Lipinski definition) is 3. The molecule has 0 saturated heterocycles. The molecule has 200 valence electrons. The molecule has 0 aromatic heterocycles. The van der Waals surface area contributed by atoms with Gasteiger partial charge in [0.05, 0.1) is 12.2 Å². The van der Waals surface area contributed by atoms with E-state index < -0.39 is 11.9 Å². The first kappa shape index (κ1) is 28.7. The Morgan fingerprint density at radius 2 is 1.39 bits per heavy atom. The van der Waals surface area contributed by atoms with Gasteiger partial charge in [-0.3, -0.25) is 4.79 Å². The number of aromatic carboxylic acids is 1. The summed E-state index contributed by atoms with van der Waals surface area (Å²) >= 11 is 0. The monoisotopic (exact) mass is 514 g/mol. The van der Waals surface area contributed by atoms with Crippen molar-refractivity contribution in [2.75, 3.05) is 6.61 Å². The average Bonchev–Trinajstić information content (AvgIpc) is 2.92. The van der Waals surface area contributed by atoms with Gasteiger partial charge >= 0.3 is 11.9 Å². The molecule has 0 radical (unpaired) electrons. The normalized spacial score (nSPS) is 11.1. The van der Waals surface area contributed by atoms with Crippen LogP contribution >= 0.6 is 0 Å². The molecule has 0 atom stereocenters. The van der Waals surface area contributed by atoms with E-state index in [9.17, 15) is 14.7 Å². The van der Waals surface area contributed by atoms with Gasteiger partial charge in [-0.05, 0) is 73.8 Å². The number of carbonyl (C=O) groups is 2. The van der Waals surface area contributed by atoms with E-state index in [4.69, 9.17) is 9.84 Å². The van der Waals surface area contributed by atoms with E-state index in [0.717, 1.165) is 68.2 Å². The fourth-order valence-corrected chi connectivity index (χ4v) is 4.52. The molecule has 3 rings (SSSR count). The summed E-state index contributed by atoms with van der Waals surface area (Å²) in [5.74, 6) is -0.925. The van der Waals surface area contributed by atoms with Crippen molar-refractivity contribution in [2.24, 2.45) is 0 Å². The van der Waals surface area contributed by atoms with Crippen molar-refractivity contribution in [3.05, 3.63) is 101 Å². The van der Waals surface area contributed by atoms with Crippen LogP contribution in [0.4, 0.5) is 0 Å². The molecular weight excluding hydrogens is 476 g/mol. The molecule has 3 aromatic rings. The quantitative estimate of drug-likeness (QED) is 0.141. The molecular formula is C33H38O5. The van der Waals surface area contributed by atoms with Crippen molar-refractivity contribution in [1.29, 1.82) is 0 Å². The number of aryl methyl sites for hydroxylation is 2. The van der Waals surface area contributed by atoms with E-state index >= 15 is 0 Å². The summed E-state index contributed by atoms with van der Waals surface area (Å²) in [5.41, 5.74) is 4.25. The van der Waals surface area contributed by atoms with E-state index in [1.807, 2.05) is 48.6 Å². The predicted octanol–water partition coefficient (Wildman–Crippen LogP) is 7.92. The maximum atomic E-state index is 11.9. The molecule has 0 heterocycles. The smallest absolute Gasteiger partial charge is 0.336 e. The number of ether oxygens (including phenoxy) is 1. The number of hydrogen-bond donors (Lipinski definition) is 2. The summed E-state index contributed by atoms with van der Waals surface area (Å²) in [7, 11) is 0. The van der Waals surface area contributed by atoms with Crippen LogP contribution in [0, 0.1) is 0 Å². The van der Waals surface area contributed by atoms with Gasteiger partial charge in [0, 0.05) is 12.0 Å². The van der Waals surface area contributed by atoms with Crippen LogP contribution in [0.1, 0.15) is 84.0 Å². The molecule has 0 aliphatic rings. The van der Waals surface area contributed by atoms with Crippen molar-refractivity contribution >= 4 is 24.1 Å². The number of aliphatic carboxylic acids is 1. The van der Waals surface area contributed by atoms with Gasteiger partial charge in [-0.1, -0.05) is 85.7 Å². The number of para-hydroxylation sites is 1. The van der Waals surface area contributed by atoms with Gasteiger partial charge in [-0.2, -0.15) is 0 Å². The first-order chi connectivity index (χ1) is 18.5. The van der Waals surface area contributed by atoms with Gasteiger partial charge in [-0.15, -0.1) is 0 Å². The standard InChI is InChI=1S/C33H38O5/c34-32(35)22-9-2-1-8-17-27-19-13-20-30(33(36)37)29(27)24-23-28-18-10-11-21-31(28)38-25-12-4-7-16-26-14-5-3-6-15-26/h3,5-6,10-11,13-15,18-21,23-24H,1-2,4,7-9,12,16-17,22,25H2,(H,34,35)(H,36,37)/b24-23+. The van der Waals surface area contributed by atoms with E-state index in [2.05, 4.69) is 24.3 Å². The molecule has 0 fully saturated rings. The molecule has 38 heavy (non-hydrogen) atoms. The van der Waals surface area contributed by atoms with E-state index in [1.54, 1.807) is 12.1 Å². The maximum Gasteiger partial charge on any atom is 0.336 e. The van der Waals surface area contributed by atoms with Gasteiger partial charge in [0.15, 0.2) is 0 Å². The highest BCUT2D eigenvalue weighted by molar-refractivity contribution is 5.94. The summed E-state index contributed by atoms with van der Waals surface area (Å²) in [4.78, 5) is 22.6. The van der Waals surface area contributed by atoms with E-state index in [-0.39, 0.29) is 12.0 Å². The SMILES string of the molecule is O=C(O)CCCCCCc1cccc(C(=O)O)c1/C=C/c1ccccc1OCCCCCc1ccccc1. The fraction of sp³-hybridized carbons (Fsp3) is 0.333. The third-order valence-corrected chi connectivity index (χ3v) is 6.57. The highest BCUT2D eigenvalue weighted by Gasteiger charge is 2.12. The summed E-state index contributed by atoms with van der Waals surface area (Å²) < 4.78 is 6.10. The van der Waals surface area contributed by atoms with Gasteiger partial charge in [0.25, 0.3) is 0 Å². The molecule has 0 saturated carbocycles.